The summed E-state index contributed by atoms with van der Waals surface area (Å²) in [5.41, 5.74) is 0.893. The number of benzene rings is 2. The molecule has 0 saturated carbocycles. The Morgan fingerprint density at radius 3 is 2.51 bits per heavy atom. The molecule has 0 aliphatic carbocycles. The quantitative estimate of drug-likeness (QED) is 0.363. The van der Waals surface area contributed by atoms with Crippen molar-refractivity contribution in [1.82, 2.24) is 9.97 Å². The van der Waals surface area contributed by atoms with Gasteiger partial charge in [-0.1, -0.05) is 36.4 Å². The number of para-hydroxylation sites is 2. The maximum Gasteiger partial charge on any atom is 0.309 e. The van der Waals surface area contributed by atoms with Crippen molar-refractivity contribution in [1.29, 1.82) is 0 Å². The molecule has 1 aliphatic heterocycles. The molecule has 1 atom stereocenters. The summed E-state index contributed by atoms with van der Waals surface area (Å²) in [4.78, 5) is 35.1. The van der Waals surface area contributed by atoms with E-state index in [0.717, 1.165) is 42.0 Å². The van der Waals surface area contributed by atoms with Gasteiger partial charge in [-0.3, -0.25) is 14.6 Å². The second-order valence-corrected chi connectivity index (χ2v) is 10.4. The van der Waals surface area contributed by atoms with Gasteiger partial charge in [0.05, 0.1) is 37.4 Å². The molecule has 1 amide bonds. The second kappa shape index (κ2) is 12.6. The zero-order chi connectivity index (χ0) is 27.8. The predicted molar refractivity (Wildman–Crippen MR) is 149 cm³/mol. The number of rotatable bonds is 11. The number of nitrogens with one attached hydrogen (secondary N) is 1. The number of carbonyl (C=O) groups is 2. The lowest BCUT2D eigenvalue weighted by Crippen LogP contribution is -2.41. The molecular formula is C30H36N4O5. The van der Waals surface area contributed by atoms with Crippen molar-refractivity contribution in [3.05, 3.63) is 72.1 Å². The second-order valence-electron chi connectivity index (χ2n) is 10.4. The molecule has 2 N–H and O–H groups in total. The van der Waals surface area contributed by atoms with E-state index in [1.165, 1.54) is 6.20 Å². The van der Waals surface area contributed by atoms with Crippen LogP contribution >= 0.6 is 0 Å². The fourth-order valence-electron chi connectivity index (χ4n) is 4.55. The van der Waals surface area contributed by atoms with Crippen LogP contribution in [0.2, 0.25) is 0 Å². The van der Waals surface area contributed by atoms with Gasteiger partial charge in [0.15, 0.2) is 17.3 Å². The third-order valence-electron chi connectivity index (χ3n) is 6.65. The first-order chi connectivity index (χ1) is 18.7. The highest BCUT2D eigenvalue weighted by Gasteiger charge is 2.27. The van der Waals surface area contributed by atoms with E-state index in [0.29, 0.717) is 31.2 Å². The zero-order valence-electron chi connectivity index (χ0n) is 22.7. The minimum Gasteiger partial charge on any atom is -0.490 e. The Bertz CT molecular complexity index is 1280. The summed E-state index contributed by atoms with van der Waals surface area (Å²) in [7, 11) is 0. The number of aliphatic carboxylic acids is 1. The van der Waals surface area contributed by atoms with E-state index < -0.39 is 11.4 Å². The van der Waals surface area contributed by atoms with E-state index in [1.54, 1.807) is 20.0 Å². The molecule has 0 bridgehead atoms. The summed E-state index contributed by atoms with van der Waals surface area (Å²) in [5.74, 6) is 1.50. The average Bonchev–Trinajstić information content (AvgIpc) is 2.91. The van der Waals surface area contributed by atoms with E-state index in [4.69, 9.17) is 9.47 Å². The highest BCUT2D eigenvalue weighted by molar-refractivity contribution is 5.91. The van der Waals surface area contributed by atoms with Gasteiger partial charge in [-0.2, -0.15) is 0 Å². The number of carboxylic acid groups (broad SMARTS) is 1. The lowest BCUT2D eigenvalue weighted by molar-refractivity contribution is -0.146. The van der Waals surface area contributed by atoms with Crippen molar-refractivity contribution in [3.63, 3.8) is 0 Å². The highest BCUT2D eigenvalue weighted by Crippen LogP contribution is 2.30. The molecule has 9 nitrogen and oxygen atoms in total. The van der Waals surface area contributed by atoms with Crippen LogP contribution in [0.4, 0.5) is 11.6 Å². The number of aromatic nitrogens is 2. The Balaban J connectivity index is 1.34. The molecule has 9 heteroatoms. The Hall–Kier alpha value is -4.14. The lowest BCUT2D eigenvalue weighted by atomic mass is 9.86. The molecule has 2 aromatic carbocycles. The maximum atomic E-state index is 12.7. The molecular weight excluding hydrogens is 496 g/mol. The number of anilines is 2. The first kappa shape index (κ1) is 27.9. The highest BCUT2D eigenvalue weighted by atomic mass is 16.5. The van der Waals surface area contributed by atoms with Crippen molar-refractivity contribution >= 4 is 23.5 Å². The van der Waals surface area contributed by atoms with Crippen LogP contribution in [0.5, 0.6) is 11.5 Å². The van der Waals surface area contributed by atoms with E-state index in [2.05, 4.69) is 20.2 Å². The number of amides is 1. The van der Waals surface area contributed by atoms with Crippen LogP contribution < -0.4 is 19.7 Å². The predicted octanol–water partition coefficient (Wildman–Crippen LogP) is 4.76. The summed E-state index contributed by atoms with van der Waals surface area (Å²) < 4.78 is 12.0. The van der Waals surface area contributed by atoms with Crippen LogP contribution in [0.3, 0.4) is 0 Å². The third-order valence-corrected chi connectivity index (χ3v) is 6.65. The molecule has 0 radical (unpaired) electrons. The van der Waals surface area contributed by atoms with Crippen LogP contribution in [-0.4, -0.2) is 52.8 Å². The summed E-state index contributed by atoms with van der Waals surface area (Å²) in [6, 6.07) is 15.1. The van der Waals surface area contributed by atoms with Gasteiger partial charge in [0.25, 0.3) is 0 Å². The van der Waals surface area contributed by atoms with E-state index in [-0.39, 0.29) is 18.4 Å². The summed E-state index contributed by atoms with van der Waals surface area (Å²) in [6.45, 7) is 7.39. The zero-order valence-corrected chi connectivity index (χ0v) is 22.7. The van der Waals surface area contributed by atoms with Crippen molar-refractivity contribution in [2.24, 2.45) is 5.41 Å². The van der Waals surface area contributed by atoms with Crippen LogP contribution in [0, 0.1) is 5.41 Å². The minimum absolute atomic E-state index is 0.0237. The van der Waals surface area contributed by atoms with Gasteiger partial charge in [0.1, 0.15) is 11.9 Å². The first-order valence-corrected chi connectivity index (χ1v) is 13.3. The number of piperidine rings is 1. The Kier molecular flexibility index (Phi) is 9.01. The monoisotopic (exact) mass is 532 g/mol. The summed E-state index contributed by atoms with van der Waals surface area (Å²) >= 11 is 0. The van der Waals surface area contributed by atoms with E-state index in [9.17, 15) is 14.7 Å². The number of hydrogen-bond donors (Lipinski definition) is 2. The van der Waals surface area contributed by atoms with Crippen LogP contribution in [0.25, 0.3) is 0 Å². The van der Waals surface area contributed by atoms with E-state index >= 15 is 0 Å². The van der Waals surface area contributed by atoms with E-state index in [1.807, 2.05) is 55.5 Å². The number of ether oxygens (including phenoxy) is 2. The van der Waals surface area contributed by atoms with Gasteiger partial charge in [0.2, 0.25) is 5.91 Å². The third kappa shape index (κ3) is 7.69. The standard InChI is InChI=1S/C30H36N4O5/c1-4-38-24-9-5-6-10-25(24)39-23-8-7-15-34(20-23)27-19-31-18-26(32-27)33-28(35)16-21-11-13-22(14-12-21)17-30(2,3)29(36)37/h5-6,9-14,18-19,23H,4,7-8,15-17,20H2,1-3H3,(H,36,37)(H,32,33,35). The molecule has 2 heterocycles. The summed E-state index contributed by atoms with van der Waals surface area (Å²) in [5, 5.41) is 12.2. The molecule has 4 rings (SSSR count). The Labute approximate surface area is 229 Å². The van der Waals surface area contributed by atoms with Gasteiger partial charge in [-0.15, -0.1) is 0 Å². The Morgan fingerprint density at radius 2 is 1.79 bits per heavy atom. The smallest absolute Gasteiger partial charge is 0.309 e. The van der Waals surface area contributed by atoms with Crippen molar-refractivity contribution < 1.29 is 24.2 Å². The van der Waals surface area contributed by atoms with Gasteiger partial charge in [-0.25, -0.2) is 4.98 Å². The average molecular weight is 533 g/mol. The number of nitrogens with zero attached hydrogens (tertiary/aromatic N) is 3. The SMILES string of the molecule is CCOc1ccccc1OC1CCCN(c2cncc(NC(=O)Cc3ccc(CC(C)(C)C(=O)O)cc3)n2)C1. The topological polar surface area (TPSA) is 114 Å². The molecule has 0 spiro atoms. The molecule has 3 aromatic rings. The van der Waals surface area contributed by atoms with Crippen LogP contribution in [0.1, 0.15) is 44.7 Å². The number of carbonyl (C=O) groups excluding carboxylic acids is 1. The lowest BCUT2D eigenvalue weighted by Gasteiger charge is -2.33. The molecule has 1 aliphatic rings. The Morgan fingerprint density at radius 1 is 1.08 bits per heavy atom. The van der Waals surface area contributed by atoms with Crippen LogP contribution in [-0.2, 0) is 22.4 Å². The molecule has 1 unspecified atom stereocenters. The first-order valence-electron chi connectivity index (χ1n) is 13.3. The largest absolute Gasteiger partial charge is 0.490 e. The fraction of sp³-hybridized carbons (Fsp3) is 0.400. The van der Waals surface area contributed by atoms with Crippen molar-refractivity contribution in [3.8, 4) is 11.5 Å². The molecule has 1 fully saturated rings. The van der Waals surface area contributed by atoms with Gasteiger partial charge in [-0.05, 0) is 63.3 Å². The normalized spacial score (nSPS) is 15.5. The van der Waals surface area contributed by atoms with Gasteiger partial charge >= 0.3 is 5.97 Å². The molecule has 206 valence electrons. The molecule has 39 heavy (non-hydrogen) atoms. The van der Waals surface area contributed by atoms with Gasteiger partial charge in [0, 0.05) is 6.54 Å². The van der Waals surface area contributed by atoms with Gasteiger partial charge < -0.3 is 24.8 Å². The molecule has 1 saturated heterocycles. The molecule has 1 aromatic heterocycles. The number of hydrogen-bond acceptors (Lipinski definition) is 7. The fourth-order valence-corrected chi connectivity index (χ4v) is 4.55. The van der Waals surface area contributed by atoms with Crippen molar-refractivity contribution in [2.75, 3.05) is 29.9 Å². The summed E-state index contributed by atoms with van der Waals surface area (Å²) in [6.07, 6.45) is 5.67. The number of carboxylic acids is 1. The maximum absolute atomic E-state index is 12.7. The van der Waals surface area contributed by atoms with Crippen molar-refractivity contribution in [2.45, 2.75) is 52.6 Å². The minimum atomic E-state index is -0.850. The van der Waals surface area contributed by atoms with Crippen LogP contribution in [0.15, 0.2) is 60.9 Å².